The molecule has 2 saturated carbocycles. The Bertz CT molecular complexity index is 858. The van der Waals surface area contributed by atoms with Gasteiger partial charge in [0.1, 0.15) is 0 Å². The van der Waals surface area contributed by atoms with Gasteiger partial charge in [-0.15, -0.1) is 11.8 Å². The first-order chi connectivity index (χ1) is 11.7. The van der Waals surface area contributed by atoms with Gasteiger partial charge in [-0.2, -0.15) is 0 Å². The van der Waals surface area contributed by atoms with E-state index in [0.29, 0.717) is 16.9 Å². The molecule has 5 atom stereocenters. The standard InChI is InChI=1S/C18H19NO3S2/c1-22-12-7-9(4-5-11(12)20)14-13-8-2-3-10(6-8)15(13)23-17-16(14)24-18(21)19-17/h4-5,7-8,10,13-15,20H,2-3,6H2,1H3,(H,19,21)/t8-,10-,13+,14-,15+/m1/s1. The summed E-state index contributed by atoms with van der Waals surface area (Å²) in [6, 6.07) is 5.66. The molecule has 1 aliphatic heterocycles. The molecule has 2 heterocycles. The average Bonchev–Trinajstić information content (AvgIpc) is 3.26. The Morgan fingerprint density at radius 3 is 2.96 bits per heavy atom. The summed E-state index contributed by atoms with van der Waals surface area (Å²) in [6.07, 6.45) is 3.97. The third kappa shape index (κ3) is 2.02. The lowest BCUT2D eigenvalue weighted by Gasteiger charge is -2.40. The van der Waals surface area contributed by atoms with Crippen molar-refractivity contribution in [3.63, 3.8) is 0 Å². The van der Waals surface area contributed by atoms with Crippen molar-refractivity contribution >= 4 is 23.1 Å². The van der Waals surface area contributed by atoms with Crippen LogP contribution >= 0.6 is 23.1 Å². The van der Waals surface area contributed by atoms with E-state index < -0.39 is 0 Å². The lowest BCUT2D eigenvalue weighted by molar-refractivity contribution is 0.306. The summed E-state index contributed by atoms with van der Waals surface area (Å²) in [5.41, 5.74) is 1.16. The van der Waals surface area contributed by atoms with Crippen molar-refractivity contribution in [1.82, 2.24) is 4.98 Å². The SMILES string of the molecule is COc1cc([C@H]2c3sc(=O)[nH]c3S[C@H]3[C@@H]4CC[C@H](C4)[C@@H]23)ccc1O. The number of fused-ring (bicyclic) bond motifs is 6. The maximum absolute atomic E-state index is 12.0. The van der Waals surface area contributed by atoms with Crippen LogP contribution in [0.4, 0.5) is 0 Å². The van der Waals surface area contributed by atoms with Crippen molar-refractivity contribution in [1.29, 1.82) is 0 Å². The number of nitrogens with one attached hydrogen (secondary N) is 1. The summed E-state index contributed by atoms with van der Waals surface area (Å²) in [7, 11) is 1.58. The summed E-state index contributed by atoms with van der Waals surface area (Å²) < 4.78 is 5.32. The molecule has 0 saturated heterocycles. The topological polar surface area (TPSA) is 62.3 Å². The zero-order valence-electron chi connectivity index (χ0n) is 13.3. The molecule has 2 fully saturated rings. The van der Waals surface area contributed by atoms with Gasteiger partial charge in [0.05, 0.1) is 12.1 Å². The number of aromatic hydroxyl groups is 1. The molecular formula is C18H19NO3S2. The van der Waals surface area contributed by atoms with Crippen LogP contribution in [-0.2, 0) is 0 Å². The van der Waals surface area contributed by atoms with Gasteiger partial charge in [-0.05, 0) is 54.7 Å². The molecule has 0 unspecified atom stereocenters. The van der Waals surface area contributed by atoms with Gasteiger partial charge in [0.2, 0.25) is 0 Å². The van der Waals surface area contributed by atoms with E-state index in [0.717, 1.165) is 22.4 Å². The second-order valence-corrected chi connectivity index (χ2v) is 9.31. The molecule has 1 aromatic carbocycles. The van der Waals surface area contributed by atoms with Gasteiger partial charge < -0.3 is 14.8 Å². The van der Waals surface area contributed by atoms with Crippen molar-refractivity contribution in [2.75, 3.05) is 7.11 Å². The average molecular weight is 361 g/mol. The smallest absolute Gasteiger partial charge is 0.305 e. The number of methoxy groups -OCH3 is 1. The molecule has 126 valence electrons. The lowest BCUT2D eigenvalue weighted by atomic mass is 9.75. The molecule has 4 nitrogen and oxygen atoms in total. The fourth-order valence-corrected chi connectivity index (χ4v) is 8.00. The van der Waals surface area contributed by atoms with Gasteiger partial charge in [-0.25, -0.2) is 0 Å². The molecule has 3 aliphatic rings. The fraction of sp³-hybridized carbons (Fsp3) is 0.500. The van der Waals surface area contributed by atoms with Crippen LogP contribution in [-0.4, -0.2) is 22.5 Å². The molecule has 6 heteroatoms. The molecule has 5 rings (SSSR count). The molecule has 2 bridgehead atoms. The Hall–Kier alpha value is -1.40. The van der Waals surface area contributed by atoms with Gasteiger partial charge in [-0.3, -0.25) is 4.79 Å². The van der Waals surface area contributed by atoms with Crippen LogP contribution in [0.3, 0.4) is 0 Å². The largest absolute Gasteiger partial charge is 0.504 e. The third-order valence-corrected chi connectivity index (χ3v) is 8.65. The third-order valence-electron chi connectivity index (χ3n) is 6.03. The maximum atomic E-state index is 12.0. The van der Waals surface area contributed by atoms with E-state index in [-0.39, 0.29) is 16.5 Å². The number of ether oxygens (including phenoxy) is 1. The number of phenolic OH excluding ortho intramolecular Hbond substituents is 1. The number of aromatic nitrogens is 1. The van der Waals surface area contributed by atoms with Crippen molar-refractivity contribution in [3.8, 4) is 11.5 Å². The number of H-pyrrole nitrogens is 1. The molecule has 0 amide bonds. The molecule has 0 spiro atoms. The summed E-state index contributed by atoms with van der Waals surface area (Å²) in [6.45, 7) is 0. The van der Waals surface area contributed by atoms with E-state index in [4.69, 9.17) is 4.74 Å². The van der Waals surface area contributed by atoms with Crippen LogP contribution in [0.15, 0.2) is 28.0 Å². The van der Waals surface area contributed by atoms with Gasteiger partial charge in [0.25, 0.3) is 0 Å². The van der Waals surface area contributed by atoms with Crippen molar-refractivity contribution in [2.45, 2.75) is 35.5 Å². The van der Waals surface area contributed by atoms with Crippen molar-refractivity contribution < 1.29 is 9.84 Å². The predicted octanol–water partition coefficient (Wildman–Crippen LogP) is 3.80. The minimum atomic E-state index is 0.0376. The monoisotopic (exact) mass is 361 g/mol. The summed E-state index contributed by atoms with van der Waals surface area (Å²) >= 11 is 3.25. The van der Waals surface area contributed by atoms with E-state index in [2.05, 4.69) is 4.98 Å². The van der Waals surface area contributed by atoms with E-state index in [1.54, 1.807) is 13.2 Å². The Morgan fingerprint density at radius 2 is 2.12 bits per heavy atom. The van der Waals surface area contributed by atoms with E-state index in [9.17, 15) is 9.90 Å². The molecule has 24 heavy (non-hydrogen) atoms. The lowest BCUT2D eigenvalue weighted by Crippen LogP contribution is -2.33. The first kappa shape index (κ1) is 14.9. The van der Waals surface area contributed by atoms with Crippen LogP contribution < -0.4 is 9.61 Å². The highest BCUT2D eigenvalue weighted by molar-refractivity contribution is 8.00. The van der Waals surface area contributed by atoms with Crippen LogP contribution in [0, 0.1) is 17.8 Å². The normalized spacial score (nSPS) is 33.3. The van der Waals surface area contributed by atoms with Crippen LogP contribution in [0.25, 0.3) is 0 Å². The highest BCUT2D eigenvalue weighted by Gasteiger charge is 2.54. The molecular weight excluding hydrogens is 342 g/mol. The number of thiazole rings is 1. The minimum Gasteiger partial charge on any atom is -0.504 e. The Kier molecular flexibility index (Phi) is 3.29. The molecule has 2 aliphatic carbocycles. The van der Waals surface area contributed by atoms with Crippen molar-refractivity contribution in [2.24, 2.45) is 17.8 Å². The van der Waals surface area contributed by atoms with E-state index >= 15 is 0 Å². The summed E-state index contributed by atoms with van der Waals surface area (Å²) in [5, 5.41) is 11.6. The number of aromatic amines is 1. The molecule has 2 N–H and O–H groups in total. The molecule has 0 radical (unpaired) electrons. The van der Waals surface area contributed by atoms with Gasteiger partial charge in [0.15, 0.2) is 11.5 Å². The number of hydrogen-bond donors (Lipinski definition) is 2. The maximum Gasteiger partial charge on any atom is 0.305 e. The Balaban J connectivity index is 1.68. The van der Waals surface area contributed by atoms with Gasteiger partial charge in [0, 0.05) is 16.0 Å². The van der Waals surface area contributed by atoms with Gasteiger partial charge in [-0.1, -0.05) is 17.4 Å². The zero-order chi connectivity index (χ0) is 16.4. The number of hydrogen-bond acceptors (Lipinski definition) is 5. The second-order valence-electron chi connectivity index (χ2n) is 7.11. The summed E-state index contributed by atoms with van der Waals surface area (Å²) in [5.74, 6) is 3.03. The Morgan fingerprint density at radius 1 is 1.29 bits per heavy atom. The Labute approximate surface area is 148 Å². The second kappa shape index (κ2) is 5.30. The minimum absolute atomic E-state index is 0.0376. The fourth-order valence-electron chi connectivity index (χ4n) is 5.11. The highest BCUT2D eigenvalue weighted by Crippen LogP contribution is 2.63. The molecule has 2 aromatic rings. The van der Waals surface area contributed by atoms with E-state index in [1.807, 2.05) is 23.9 Å². The van der Waals surface area contributed by atoms with E-state index in [1.165, 1.54) is 35.5 Å². The number of rotatable bonds is 2. The summed E-state index contributed by atoms with van der Waals surface area (Å²) in [4.78, 5) is 16.3. The number of benzene rings is 1. The van der Waals surface area contributed by atoms with Crippen molar-refractivity contribution in [3.05, 3.63) is 38.3 Å². The van der Waals surface area contributed by atoms with Gasteiger partial charge >= 0.3 is 4.87 Å². The molecule has 1 aromatic heterocycles. The first-order valence-corrected chi connectivity index (χ1v) is 10.1. The zero-order valence-corrected chi connectivity index (χ0v) is 15.0. The van der Waals surface area contributed by atoms with Crippen LogP contribution in [0.1, 0.15) is 35.6 Å². The number of phenols is 1. The quantitative estimate of drug-likeness (QED) is 0.854. The van der Waals surface area contributed by atoms with Crippen LogP contribution in [0.5, 0.6) is 11.5 Å². The van der Waals surface area contributed by atoms with Crippen LogP contribution in [0.2, 0.25) is 0 Å². The predicted molar refractivity (Wildman–Crippen MR) is 95.4 cm³/mol. The number of thioether (sulfide) groups is 1. The first-order valence-electron chi connectivity index (χ1n) is 8.42. The highest BCUT2D eigenvalue weighted by atomic mass is 32.2.